The third-order valence-electron chi connectivity index (χ3n) is 3.82. The number of anilines is 1. The third kappa shape index (κ3) is 4.06. The van der Waals surface area contributed by atoms with Crippen LogP contribution in [0.5, 0.6) is 0 Å². The summed E-state index contributed by atoms with van der Waals surface area (Å²) in [5.41, 5.74) is 3.32. The molecule has 0 bridgehead atoms. The van der Waals surface area contributed by atoms with Crippen molar-refractivity contribution >= 4 is 46.6 Å². The number of rotatable bonds is 5. The van der Waals surface area contributed by atoms with Gasteiger partial charge in [0.25, 0.3) is 0 Å². The van der Waals surface area contributed by atoms with Crippen LogP contribution in [0.3, 0.4) is 0 Å². The van der Waals surface area contributed by atoms with Crippen molar-refractivity contribution in [2.75, 3.05) is 11.1 Å². The van der Waals surface area contributed by atoms with E-state index in [1.165, 1.54) is 11.8 Å². The summed E-state index contributed by atoms with van der Waals surface area (Å²) in [7, 11) is 0. The van der Waals surface area contributed by atoms with Crippen LogP contribution in [0.4, 0.5) is 5.69 Å². The van der Waals surface area contributed by atoms with Gasteiger partial charge in [-0.3, -0.25) is 4.79 Å². The van der Waals surface area contributed by atoms with Gasteiger partial charge in [0.1, 0.15) is 0 Å². The van der Waals surface area contributed by atoms with Gasteiger partial charge in [-0.2, -0.15) is 5.10 Å². The predicted molar refractivity (Wildman–Crippen MR) is 109 cm³/mol. The van der Waals surface area contributed by atoms with Crippen LogP contribution < -0.4 is 5.32 Å². The summed E-state index contributed by atoms with van der Waals surface area (Å²) in [4.78, 5) is 13.1. The number of thioether (sulfide) groups is 1. The molecule has 0 aliphatic heterocycles. The van der Waals surface area contributed by atoms with Crippen molar-refractivity contribution in [2.45, 2.75) is 18.7 Å². The maximum Gasteiger partial charge on any atom is 0.234 e. The van der Waals surface area contributed by atoms with E-state index in [0.29, 0.717) is 14.9 Å². The smallest absolute Gasteiger partial charge is 0.234 e. The van der Waals surface area contributed by atoms with E-state index < -0.39 is 0 Å². The zero-order valence-electron chi connectivity index (χ0n) is 14.3. The number of aromatic nitrogens is 2. The van der Waals surface area contributed by atoms with Gasteiger partial charge in [-0.05, 0) is 38.1 Å². The largest absolute Gasteiger partial charge is 0.322 e. The minimum Gasteiger partial charge on any atom is -0.322 e. The summed E-state index contributed by atoms with van der Waals surface area (Å²) in [5, 5.41) is 8.56. The molecule has 0 aliphatic carbocycles. The molecule has 3 rings (SSSR count). The lowest BCUT2D eigenvalue weighted by Crippen LogP contribution is -2.15. The highest BCUT2D eigenvalue weighted by Crippen LogP contribution is 2.34. The number of benzene rings is 2. The molecule has 4 nitrogen and oxygen atoms in total. The lowest BCUT2D eigenvalue weighted by molar-refractivity contribution is -0.113. The topological polar surface area (TPSA) is 46.9 Å². The van der Waals surface area contributed by atoms with E-state index in [-0.39, 0.29) is 11.7 Å². The van der Waals surface area contributed by atoms with Gasteiger partial charge < -0.3 is 5.32 Å². The van der Waals surface area contributed by atoms with Gasteiger partial charge in [-0.15, -0.1) is 11.8 Å². The first kappa shape index (κ1) is 18.8. The summed E-state index contributed by atoms with van der Waals surface area (Å²) in [6.07, 6.45) is 0. The van der Waals surface area contributed by atoms with Gasteiger partial charge in [0.15, 0.2) is 0 Å². The number of hydrogen-bond acceptors (Lipinski definition) is 3. The molecular formula is C19H17Cl2N3OS. The number of halogens is 2. The normalized spacial score (nSPS) is 10.8. The molecule has 3 aromatic rings. The van der Waals surface area contributed by atoms with Gasteiger partial charge in [0.2, 0.25) is 5.91 Å². The minimum atomic E-state index is -0.134. The van der Waals surface area contributed by atoms with E-state index >= 15 is 0 Å². The molecule has 134 valence electrons. The van der Waals surface area contributed by atoms with Crippen LogP contribution in [-0.2, 0) is 4.79 Å². The van der Waals surface area contributed by atoms with E-state index in [9.17, 15) is 4.79 Å². The number of para-hydroxylation sites is 1. The van der Waals surface area contributed by atoms with Crippen LogP contribution in [0.25, 0.3) is 5.69 Å². The molecule has 0 saturated heterocycles. The quantitative estimate of drug-likeness (QED) is 0.567. The van der Waals surface area contributed by atoms with E-state index in [1.807, 2.05) is 48.9 Å². The minimum absolute atomic E-state index is 0.134. The van der Waals surface area contributed by atoms with E-state index in [0.717, 1.165) is 22.8 Å². The maximum atomic E-state index is 12.4. The Bertz CT molecular complexity index is 921. The van der Waals surface area contributed by atoms with Crippen molar-refractivity contribution in [2.24, 2.45) is 0 Å². The molecule has 7 heteroatoms. The number of nitrogens with zero attached hydrogens (tertiary/aromatic N) is 2. The number of carbonyl (C=O) groups is 1. The molecular weight excluding hydrogens is 389 g/mol. The summed E-state index contributed by atoms with van der Waals surface area (Å²) in [5.74, 6) is 0.0727. The van der Waals surface area contributed by atoms with Gasteiger partial charge >= 0.3 is 0 Å². The Kier molecular flexibility index (Phi) is 5.91. The Labute approximate surface area is 166 Å². The molecule has 1 N–H and O–H groups in total. The van der Waals surface area contributed by atoms with Crippen molar-refractivity contribution in [1.29, 1.82) is 0 Å². The second kappa shape index (κ2) is 8.16. The molecule has 1 heterocycles. The Morgan fingerprint density at radius 2 is 1.73 bits per heavy atom. The van der Waals surface area contributed by atoms with Crippen molar-refractivity contribution in [3.05, 3.63) is 70.0 Å². The Balaban J connectivity index is 1.73. The zero-order chi connectivity index (χ0) is 18.7. The number of carbonyl (C=O) groups excluding carboxylic acids is 1. The molecule has 0 unspecified atom stereocenters. The average molecular weight is 406 g/mol. The zero-order valence-corrected chi connectivity index (χ0v) is 16.6. The molecule has 2 aromatic carbocycles. The number of aryl methyl sites for hydroxylation is 1. The monoisotopic (exact) mass is 405 g/mol. The fourth-order valence-electron chi connectivity index (χ4n) is 2.58. The van der Waals surface area contributed by atoms with Gasteiger partial charge in [0.05, 0.1) is 38.6 Å². The van der Waals surface area contributed by atoms with Gasteiger partial charge in [-0.25, -0.2) is 4.68 Å². The van der Waals surface area contributed by atoms with Crippen LogP contribution in [0, 0.1) is 13.8 Å². The van der Waals surface area contributed by atoms with Crippen molar-refractivity contribution in [3.8, 4) is 5.69 Å². The van der Waals surface area contributed by atoms with Crippen LogP contribution in [0.15, 0.2) is 53.4 Å². The summed E-state index contributed by atoms with van der Waals surface area (Å²) >= 11 is 13.6. The summed E-state index contributed by atoms with van der Waals surface area (Å²) in [6, 6.07) is 15.1. The van der Waals surface area contributed by atoms with E-state index in [2.05, 4.69) is 10.4 Å². The highest BCUT2D eigenvalue weighted by Gasteiger charge is 2.16. The fraction of sp³-hybridized carbons (Fsp3) is 0.158. The fourth-order valence-corrected chi connectivity index (χ4v) is 4.06. The molecule has 0 aliphatic rings. The first-order chi connectivity index (χ1) is 12.5. The molecule has 26 heavy (non-hydrogen) atoms. The first-order valence-electron chi connectivity index (χ1n) is 7.95. The van der Waals surface area contributed by atoms with Gasteiger partial charge in [-0.1, -0.05) is 47.5 Å². The van der Waals surface area contributed by atoms with Crippen LogP contribution >= 0.6 is 35.0 Å². The second-order valence-corrected chi connectivity index (χ2v) is 7.48. The highest BCUT2D eigenvalue weighted by atomic mass is 35.5. The van der Waals surface area contributed by atoms with Gasteiger partial charge in [0, 0.05) is 4.90 Å². The molecule has 0 atom stereocenters. The first-order valence-corrected chi connectivity index (χ1v) is 9.70. The van der Waals surface area contributed by atoms with E-state index in [4.69, 9.17) is 23.2 Å². The molecule has 0 radical (unpaired) electrons. The molecule has 1 aromatic heterocycles. The Morgan fingerprint density at radius 1 is 1.08 bits per heavy atom. The van der Waals surface area contributed by atoms with E-state index in [1.54, 1.807) is 18.2 Å². The lowest BCUT2D eigenvalue weighted by Gasteiger charge is -2.08. The predicted octanol–water partition coefficient (Wildman–Crippen LogP) is 5.53. The Hall–Kier alpha value is -1.95. The molecule has 0 spiro atoms. The molecule has 1 amide bonds. The number of nitrogens with one attached hydrogen (secondary N) is 1. The van der Waals surface area contributed by atoms with Crippen molar-refractivity contribution < 1.29 is 4.79 Å². The average Bonchev–Trinajstić information content (AvgIpc) is 2.90. The summed E-state index contributed by atoms with van der Waals surface area (Å²) in [6.45, 7) is 3.81. The standard InChI is InChI=1S/C19H17Cl2N3OS/c1-12-18(13(2)24(23-12)14-7-4-3-5-8-14)22-17(25)11-26-19-15(20)9-6-10-16(19)21/h3-10H,11H2,1-2H3,(H,22,25). The van der Waals surface area contributed by atoms with Crippen molar-refractivity contribution in [1.82, 2.24) is 9.78 Å². The second-order valence-electron chi connectivity index (χ2n) is 5.68. The molecule has 0 saturated carbocycles. The SMILES string of the molecule is Cc1nn(-c2ccccc2)c(C)c1NC(=O)CSc1c(Cl)cccc1Cl. The number of hydrogen-bond donors (Lipinski definition) is 1. The maximum absolute atomic E-state index is 12.4. The van der Waals surface area contributed by atoms with Crippen LogP contribution in [-0.4, -0.2) is 21.4 Å². The highest BCUT2D eigenvalue weighted by molar-refractivity contribution is 8.00. The third-order valence-corrected chi connectivity index (χ3v) is 5.81. The lowest BCUT2D eigenvalue weighted by atomic mass is 10.3. The van der Waals surface area contributed by atoms with Crippen molar-refractivity contribution in [3.63, 3.8) is 0 Å². The molecule has 0 fully saturated rings. The Morgan fingerprint density at radius 3 is 2.38 bits per heavy atom. The van der Waals surface area contributed by atoms with Crippen LogP contribution in [0.2, 0.25) is 10.0 Å². The summed E-state index contributed by atoms with van der Waals surface area (Å²) < 4.78 is 1.82. The number of amides is 1. The van der Waals surface area contributed by atoms with Crippen LogP contribution in [0.1, 0.15) is 11.4 Å².